The van der Waals surface area contributed by atoms with Gasteiger partial charge in [-0.15, -0.1) is 4.31 Å². The van der Waals surface area contributed by atoms with Gasteiger partial charge in [-0.1, -0.05) is 17.7 Å². The van der Waals surface area contributed by atoms with E-state index in [-0.39, 0.29) is 25.2 Å². The van der Waals surface area contributed by atoms with Gasteiger partial charge in [0.05, 0.1) is 4.90 Å². The van der Waals surface area contributed by atoms with E-state index in [2.05, 4.69) is 0 Å². The number of hydrogen-bond donors (Lipinski definition) is 0. The Morgan fingerprint density at radius 3 is 2.25 bits per heavy atom. The highest BCUT2D eigenvalue weighted by atomic mass is 32.2. The Balaban J connectivity index is 2.27. The molecule has 1 saturated heterocycles. The highest BCUT2D eigenvalue weighted by molar-refractivity contribution is 7.89. The topological polar surface area (TPSA) is 55.8 Å². The zero-order chi connectivity index (χ0) is 11.6. The van der Waals surface area contributed by atoms with Crippen molar-refractivity contribution >= 4 is 10.0 Å². The molecule has 1 fully saturated rings. The maximum absolute atomic E-state index is 12.1. The number of rotatable bonds is 2. The van der Waals surface area contributed by atoms with Crippen LogP contribution < -0.4 is 0 Å². The fourth-order valence-corrected chi connectivity index (χ4v) is 2.58. The molecule has 0 aliphatic carbocycles. The van der Waals surface area contributed by atoms with Gasteiger partial charge in [-0.2, -0.15) is 0 Å². The number of hydrogen-bond acceptors (Lipinski definition) is 4. The van der Waals surface area contributed by atoms with Crippen LogP contribution in [0, 0.1) is 6.92 Å². The SMILES string of the molecule is Cc1ccc(S(=O)(=O)N2COCOC2)cc1. The van der Waals surface area contributed by atoms with Crippen LogP contribution in [0.4, 0.5) is 0 Å². The van der Waals surface area contributed by atoms with E-state index in [0.717, 1.165) is 9.87 Å². The lowest BCUT2D eigenvalue weighted by Crippen LogP contribution is -2.39. The Bertz CT molecular complexity index is 448. The number of nitrogens with zero attached hydrogens (tertiary/aromatic N) is 1. The summed E-state index contributed by atoms with van der Waals surface area (Å²) in [6.45, 7) is 2.12. The predicted molar refractivity (Wildman–Crippen MR) is 57.0 cm³/mol. The first kappa shape index (κ1) is 11.5. The monoisotopic (exact) mass is 243 g/mol. The second kappa shape index (κ2) is 4.50. The lowest BCUT2D eigenvalue weighted by Gasteiger charge is -2.25. The smallest absolute Gasteiger partial charge is 0.246 e. The maximum atomic E-state index is 12.1. The Kier molecular flexibility index (Phi) is 3.25. The van der Waals surface area contributed by atoms with Crippen LogP contribution in [0.1, 0.15) is 5.56 Å². The van der Waals surface area contributed by atoms with Gasteiger partial charge < -0.3 is 9.47 Å². The molecule has 1 aliphatic rings. The van der Waals surface area contributed by atoms with Gasteiger partial charge in [0.2, 0.25) is 10.0 Å². The Morgan fingerprint density at radius 2 is 1.69 bits per heavy atom. The average molecular weight is 243 g/mol. The first-order chi connectivity index (χ1) is 7.60. The predicted octanol–water partition coefficient (Wildman–Crippen LogP) is 0.905. The van der Waals surface area contributed by atoms with E-state index in [4.69, 9.17) is 9.47 Å². The zero-order valence-electron chi connectivity index (χ0n) is 8.92. The first-order valence-corrected chi connectivity index (χ1v) is 6.27. The number of ether oxygens (including phenoxy) is 2. The lowest BCUT2D eigenvalue weighted by atomic mass is 10.2. The minimum absolute atomic E-state index is 0.0379. The molecule has 0 spiro atoms. The zero-order valence-corrected chi connectivity index (χ0v) is 9.74. The van der Waals surface area contributed by atoms with Crippen molar-refractivity contribution in [3.8, 4) is 0 Å². The van der Waals surface area contributed by atoms with Crippen molar-refractivity contribution in [3.05, 3.63) is 29.8 Å². The first-order valence-electron chi connectivity index (χ1n) is 4.83. The molecule has 6 heteroatoms. The highest BCUT2D eigenvalue weighted by Gasteiger charge is 2.26. The van der Waals surface area contributed by atoms with Crippen molar-refractivity contribution in [2.45, 2.75) is 11.8 Å². The lowest BCUT2D eigenvalue weighted by molar-refractivity contribution is -0.153. The van der Waals surface area contributed by atoms with E-state index >= 15 is 0 Å². The Hall–Kier alpha value is -0.950. The van der Waals surface area contributed by atoms with Crippen LogP contribution in [-0.2, 0) is 19.5 Å². The summed E-state index contributed by atoms with van der Waals surface area (Å²) in [5, 5.41) is 0. The number of benzene rings is 1. The van der Waals surface area contributed by atoms with E-state index in [9.17, 15) is 8.42 Å². The number of sulfonamides is 1. The molecule has 0 bridgehead atoms. The third kappa shape index (κ3) is 2.25. The van der Waals surface area contributed by atoms with Crippen molar-refractivity contribution in [2.75, 3.05) is 20.3 Å². The molecular formula is C10H13NO4S. The van der Waals surface area contributed by atoms with Crippen LogP contribution in [0.15, 0.2) is 29.2 Å². The van der Waals surface area contributed by atoms with Gasteiger partial charge in [0.15, 0.2) is 0 Å². The van der Waals surface area contributed by atoms with Gasteiger partial charge >= 0.3 is 0 Å². The summed E-state index contributed by atoms with van der Waals surface area (Å²) in [4.78, 5) is 0.257. The van der Waals surface area contributed by atoms with E-state index in [1.54, 1.807) is 24.3 Å². The molecule has 16 heavy (non-hydrogen) atoms. The molecule has 88 valence electrons. The van der Waals surface area contributed by atoms with Gasteiger partial charge in [0.25, 0.3) is 0 Å². The summed E-state index contributed by atoms with van der Waals surface area (Å²) in [6, 6.07) is 6.69. The minimum atomic E-state index is -3.50. The van der Waals surface area contributed by atoms with Crippen molar-refractivity contribution in [3.63, 3.8) is 0 Å². The van der Waals surface area contributed by atoms with Gasteiger partial charge in [-0.25, -0.2) is 8.42 Å². The second-order valence-corrected chi connectivity index (χ2v) is 5.49. The van der Waals surface area contributed by atoms with Crippen molar-refractivity contribution in [1.82, 2.24) is 4.31 Å². The third-order valence-electron chi connectivity index (χ3n) is 2.30. The summed E-state index contributed by atoms with van der Waals surface area (Å²) >= 11 is 0. The van der Waals surface area contributed by atoms with Gasteiger partial charge in [0.1, 0.15) is 20.3 Å². The van der Waals surface area contributed by atoms with E-state index in [1.807, 2.05) is 6.92 Å². The van der Waals surface area contributed by atoms with Crippen LogP contribution in [0.5, 0.6) is 0 Å². The van der Waals surface area contributed by atoms with Crippen LogP contribution in [0.2, 0.25) is 0 Å². The molecule has 1 aliphatic heterocycles. The largest absolute Gasteiger partial charge is 0.339 e. The molecular weight excluding hydrogens is 230 g/mol. The summed E-state index contributed by atoms with van der Waals surface area (Å²) in [6.07, 6.45) is 0. The molecule has 0 atom stereocenters. The van der Waals surface area contributed by atoms with Crippen LogP contribution in [-0.4, -0.2) is 33.0 Å². The molecule has 0 aromatic heterocycles. The molecule has 0 amide bonds. The fourth-order valence-electron chi connectivity index (χ4n) is 1.37. The molecule has 1 aromatic rings. The average Bonchev–Trinajstić information content (AvgIpc) is 2.31. The minimum Gasteiger partial charge on any atom is -0.339 e. The Morgan fingerprint density at radius 1 is 1.12 bits per heavy atom. The van der Waals surface area contributed by atoms with E-state index in [1.165, 1.54) is 0 Å². The quantitative estimate of drug-likeness (QED) is 0.774. The molecule has 0 radical (unpaired) electrons. The molecule has 1 heterocycles. The maximum Gasteiger partial charge on any atom is 0.246 e. The molecule has 0 N–H and O–H groups in total. The summed E-state index contributed by atoms with van der Waals surface area (Å²) in [5.74, 6) is 0. The van der Waals surface area contributed by atoms with Crippen molar-refractivity contribution in [1.29, 1.82) is 0 Å². The van der Waals surface area contributed by atoms with Crippen LogP contribution in [0.3, 0.4) is 0 Å². The molecule has 0 saturated carbocycles. The van der Waals surface area contributed by atoms with Gasteiger partial charge in [-0.05, 0) is 19.1 Å². The summed E-state index contributed by atoms with van der Waals surface area (Å²) < 4.78 is 35.2. The van der Waals surface area contributed by atoms with Crippen molar-refractivity contribution in [2.24, 2.45) is 0 Å². The van der Waals surface area contributed by atoms with Crippen LogP contribution in [0.25, 0.3) is 0 Å². The van der Waals surface area contributed by atoms with E-state index < -0.39 is 10.0 Å². The normalized spacial score (nSPS) is 18.6. The van der Waals surface area contributed by atoms with Gasteiger partial charge in [0, 0.05) is 0 Å². The molecule has 1 aromatic carbocycles. The second-order valence-electron chi connectivity index (χ2n) is 3.55. The van der Waals surface area contributed by atoms with Crippen molar-refractivity contribution < 1.29 is 17.9 Å². The number of aryl methyl sites for hydroxylation is 1. The standard InChI is InChI=1S/C10H13NO4S/c1-9-2-4-10(5-3-9)16(12,13)11-6-14-8-15-7-11/h2-5H,6-8H2,1H3. The third-order valence-corrected chi connectivity index (χ3v) is 4.05. The molecule has 2 rings (SSSR count). The molecule has 0 unspecified atom stereocenters. The fraction of sp³-hybridized carbons (Fsp3) is 0.400. The highest BCUT2D eigenvalue weighted by Crippen LogP contribution is 2.17. The van der Waals surface area contributed by atoms with E-state index in [0.29, 0.717) is 0 Å². The summed E-state index contributed by atoms with van der Waals surface area (Å²) in [5.41, 5.74) is 1.02. The Labute approximate surface area is 94.6 Å². The molecule has 5 nitrogen and oxygen atoms in total. The van der Waals surface area contributed by atoms with Gasteiger partial charge in [-0.3, -0.25) is 0 Å². The van der Waals surface area contributed by atoms with Crippen LogP contribution >= 0.6 is 0 Å². The summed E-state index contributed by atoms with van der Waals surface area (Å²) in [7, 11) is -3.50.